The van der Waals surface area contributed by atoms with Gasteiger partial charge in [-0.3, -0.25) is 4.79 Å². The Balaban J connectivity index is 1.60. The zero-order chi connectivity index (χ0) is 19.4. The van der Waals surface area contributed by atoms with Crippen molar-refractivity contribution >= 4 is 33.2 Å². The first-order chi connectivity index (χ1) is 12.9. The van der Waals surface area contributed by atoms with Crippen LogP contribution in [0.3, 0.4) is 0 Å². The van der Waals surface area contributed by atoms with E-state index in [1.807, 2.05) is 31.2 Å². The number of rotatable bonds is 7. The Hall–Kier alpha value is -1.89. The van der Waals surface area contributed by atoms with Crippen molar-refractivity contribution in [2.24, 2.45) is 0 Å². The van der Waals surface area contributed by atoms with Crippen LogP contribution in [-0.4, -0.2) is 27.4 Å². The minimum Gasteiger partial charge on any atom is -0.312 e. The topological polar surface area (TPSA) is 66.5 Å². The first kappa shape index (κ1) is 19.9. The van der Waals surface area contributed by atoms with Gasteiger partial charge in [0.1, 0.15) is 0 Å². The molecule has 2 aromatic carbocycles. The van der Waals surface area contributed by atoms with Crippen LogP contribution in [0.15, 0.2) is 47.4 Å². The Morgan fingerprint density at radius 1 is 1.15 bits per heavy atom. The van der Waals surface area contributed by atoms with E-state index in [4.69, 9.17) is 11.6 Å². The highest BCUT2D eigenvalue weighted by molar-refractivity contribution is 7.89. The molecule has 1 heterocycles. The Morgan fingerprint density at radius 2 is 1.89 bits per heavy atom. The van der Waals surface area contributed by atoms with E-state index in [1.54, 1.807) is 23.1 Å². The van der Waals surface area contributed by atoms with Gasteiger partial charge in [-0.05, 0) is 67.6 Å². The van der Waals surface area contributed by atoms with Gasteiger partial charge < -0.3 is 4.90 Å². The summed E-state index contributed by atoms with van der Waals surface area (Å²) in [6.45, 7) is 2.88. The monoisotopic (exact) mass is 406 g/mol. The Labute approximate surface area is 165 Å². The fourth-order valence-corrected chi connectivity index (χ4v) is 4.52. The first-order valence-electron chi connectivity index (χ1n) is 9.02. The Kier molecular flexibility index (Phi) is 6.19. The molecule has 0 atom stereocenters. The number of aryl methyl sites for hydroxylation is 2. The highest BCUT2D eigenvalue weighted by Gasteiger charge is 2.24. The van der Waals surface area contributed by atoms with Crippen molar-refractivity contribution in [3.8, 4) is 0 Å². The summed E-state index contributed by atoms with van der Waals surface area (Å²) in [5.41, 5.74) is 2.70. The molecule has 144 valence electrons. The summed E-state index contributed by atoms with van der Waals surface area (Å²) in [6.07, 6.45) is 2.86. The van der Waals surface area contributed by atoms with Gasteiger partial charge >= 0.3 is 0 Å². The van der Waals surface area contributed by atoms with Crippen molar-refractivity contribution in [1.29, 1.82) is 0 Å². The molecule has 3 rings (SSSR count). The maximum atomic E-state index is 12.5. The summed E-state index contributed by atoms with van der Waals surface area (Å²) in [6, 6.07) is 12.5. The van der Waals surface area contributed by atoms with Crippen molar-refractivity contribution in [3.63, 3.8) is 0 Å². The van der Waals surface area contributed by atoms with Gasteiger partial charge in [-0.15, -0.1) is 0 Å². The van der Waals surface area contributed by atoms with E-state index >= 15 is 0 Å². The van der Waals surface area contributed by atoms with Gasteiger partial charge in [-0.2, -0.15) is 0 Å². The van der Waals surface area contributed by atoms with Gasteiger partial charge in [0.25, 0.3) is 0 Å². The maximum Gasteiger partial charge on any atom is 0.240 e. The van der Waals surface area contributed by atoms with E-state index in [-0.39, 0.29) is 10.8 Å². The molecule has 0 aliphatic carbocycles. The maximum absolute atomic E-state index is 12.5. The smallest absolute Gasteiger partial charge is 0.240 e. The molecule has 1 fully saturated rings. The summed E-state index contributed by atoms with van der Waals surface area (Å²) in [5, 5.41) is 0.689. The van der Waals surface area contributed by atoms with Crippen LogP contribution >= 0.6 is 11.6 Å². The number of hydrogen-bond donors (Lipinski definition) is 1. The summed E-state index contributed by atoms with van der Waals surface area (Å²) >= 11 is 5.86. The third-order valence-electron chi connectivity index (χ3n) is 4.69. The second-order valence-corrected chi connectivity index (χ2v) is 8.93. The summed E-state index contributed by atoms with van der Waals surface area (Å²) in [4.78, 5) is 13.9. The highest BCUT2D eigenvalue weighted by Crippen LogP contribution is 2.27. The molecule has 2 aromatic rings. The van der Waals surface area contributed by atoms with E-state index in [0.717, 1.165) is 29.7 Å². The van der Waals surface area contributed by atoms with Crippen LogP contribution in [0.2, 0.25) is 5.02 Å². The van der Waals surface area contributed by atoms with Crippen molar-refractivity contribution in [3.05, 3.63) is 58.6 Å². The molecule has 1 saturated heterocycles. The molecular weight excluding hydrogens is 384 g/mol. The SMILES string of the molecule is Cc1cc(S(=O)(=O)NCCCc2ccc(Cl)cc2)ccc1N1CCCC1=O. The largest absolute Gasteiger partial charge is 0.312 e. The average molecular weight is 407 g/mol. The normalized spacial score (nSPS) is 14.7. The van der Waals surface area contributed by atoms with Gasteiger partial charge in [-0.25, -0.2) is 13.1 Å². The lowest BCUT2D eigenvalue weighted by atomic mass is 10.1. The first-order valence-corrected chi connectivity index (χ1v) is 10.9. The summed E-state index contributed by atoms with van der Waals surface area (Å²) in [5.74, 6) is 0.0917. The van der Waals surface area contributed by atoms with Gasteiger partial charge in [0.2, 0.25) is 15.9 Å². The minimum absolute atomic E-state index is 0.0917. The summed E-state index contributed by atoms with van der Waals surface area (Å²) in [7, 11) is -3.57. The van der Waals surface area contributed by atoms with Crippen LogP contribution in [0.5, 0.6) is 0 Å². The van der Waals surface area contributed by atoms with Crippen molar-refractivity contribution in [2.75, 3.05) is 18.0 Å². The quantitative estimate of drug-likeness (QED) is 0.713. The zero-order valence-corrected chi connectivity index (χ0v) is 16.8. The molecule has 27 heavy (non-hydrogen) atoms. The number of halogens is 1. The fourth-order valence-electron chi connectivity index (χ4n) is 3.23. The molecule has 1 aliphatic heterocycles. The lowest BCUT2D eigenvalue weighted by Gasteiger charge is -2.19. The molecule has 0 unspecified atom stereocenters. The average Bonchev–Trinajstić information content (AvgIpc) is 3.06. The molecule has 1 amide bonds. The summed E-state index contributed by atoms with van der Waals surface area (Å²) < 4.78 is 27.7. The van der Waals surface area contributed by atoms with E-state index in [1.165, 1.54) is 0 Å². The van der Waals surface area contributed by atoms with Crippen LogP contribution in [-0.2, 0) is 21.2 Å². The van der Waals surface area contributed by atoms with Crippen LogP contribution in [0.1, 0.15) is 30.4 Å². The van der Waals surface area contributed by atoms with E-state index in [9.17, 15) is 13.2 Å². The Morgan fingerprint density at radius 3 is 2.52 bits per heavy atom. The lowest BCUT2D eigenvalue weighted by molar-refractivity contribution is -0.117. The highest BCUT2D eigenvalue weighted by atomic mass is 35.5. The molecule has 7 heteroatoms. The van der Waals surface area contributed by atoms with Crippen molar-refractivity contribution in [2.45, 2.75) is 37.5 Å². The van der Waals surface area contributed by atoms with E-state index in [0.29, 0.717) is 31.0 Å². The predicted octanol–water partition coefficient (Wildman–Crippen LogP) is 3.69. The number of nitrogens with one attached hydrogen (secondary N) is 1. The number of carbonyl (C=O) groups excluding carboxylic acids is 1. The third-order valence-corrected chi connectivity index (χ3v) is 6.40. The number of carbonyl (C=O) groups is 1. The van der Waals surface area contributed by atoms with Crippen LogP contribution < -0.4 is 9.62 Å². The third kappa shape index (κ3) is 4.89. The van der Waals surface area contributed by atoms with Crippen LogP contribution in [0.4, 0.5) is 5.69 Å². The molecule has 0 aromatic heterocycles. The number of amides is 1. The standard InChI is InChI=1S/C20H23ClN2O3S/c1-15-14-18(10-11-19(15)23-13-3-5-20(23)24)27(25,26)22-12-2-4-16-6-8-17(21)9-7-16/h6-11,14,22H,2-5,12-13H2,1H3. The predicted molar refractivity (Wildman–Crippen MR) is 108 cm³/mol. The molecule has 1 aliphatic rings. The van der Waals surface area contributed by atoms with Gasteiger partial charge in [0, 0.05) is 30.2 Å². The second-order valence-electron chi connectivity index (χ2n) is 6.73. The number of nitrogens with zero attached hydrogens (tertiary/aromatic N) is 1. The number of hydrogen-bond acceptors (Lipinski definition) is 3. The van der Waals surface area contributed by atoms with Gasteiger partial charge in [0.05, 0.1) is 4.90 Å². The second kappa shape index (κ2) is 8.42. The van der Waals surface area contributed by atoms with Gasteiger partial charge in [-0.1, -0.05) is 23.7 Å². The number of benzene rings is 2. The molecule has 5 nitrogen and oxygen atoms in total. The van der Waals surface area contributed by atoms with E-state index < -0.39 is 10.0 Å². The number of sulfonamides is 1. The van der Waals surface area contributed by atoms with Crippen LogP contribution in [0.25, 0.3) is 0 Å². The van der Waals surface area contributed by atoms with Crippen molar-refractivity contribution < 1.29 is 13.2 Å². The molecular formula is C20H23ClN2O3S. The van der Waals surface area contributed by atoms with Crippen molar-refractivity contribution in [1.82, 2.24) is 4.72 Å². The van der Waals surface area contributed by atoms with E-state index in [2.05, 4.69) is 4.72 Å². The van der Waals surface area contributed by atoms with Crippen LogP contribution in [0, 0.1) is 6.92 Å². The zero-order valence-electron chi connectivity index (χ0n) is 15.2. The lowest BCUT2D eigenvalue weighted by Crippen LogP contribution is -2.26. The molecule has 0 spiro atoms. The fraction of sp³-hybridized carbons (Fsp3) is 0.350. The molecule has 1 N–H and O–H groups in total. The van der Waals surface area contributed by atoms with Gasteiger partial charge in [0.15, 0.2) is 0 Å². The molecule has 0 radical (unpaired) electrons. The number of anilines is 1. The minimum atomic E-state index is -3.57. The molecule has 0 saturated carbocycles. The molecule has 0 bridgehead atoms. The Bertz CT molecular complexity index is 927.